The summed E-state index contributed by atoms with van der Waals surface area (Å²) in [4.78, 5) is 8.54. The van der Waals surface area contributed by atoms with Gasteiger partial charge in [-0.2, -0.15) is 4.31 Å². The standard InChI is InChI=1S/C21H19Cl2FN4O2S/c1-2-31(29,30)28-9-3-4-14(11-28)13-5-7-17-15(10-13)21(26-12-25-17)27-18-8-6-16(22)19(23)20(18)24/h2,5-8,10,12,14H,1,3-4,9,11H2,(H,25,26,27). The Bertz CT molecular complexity index is 1270. The van der Waals surface area contributed by atoms with E-state index in [2.05, 4.69) is 21.9 Å². The number of hydrogen-bond acceptors (Lipinski definition) is 5. The van der Waals surface area contributed by atoms with Gasteiger partial charge in [-0.1, -0.05) is 35.8 Å². The normalized spacial score (nSPS) is 17.6. The minimum atomic E-state index is -3.47. The average Bonchev–Trinajstić information content (AvgIpc) is 2.79. The Labute approximate surface area is 189 Å². The molecule has 1 unspecified atom stereocenters. The molecule has 1 aliphatic heterocycles. The van der Waals surface area contributed by atoms with Gasteiger partial charge < -0.3 is 5.32 Å². The molecule has 1 atom stereocenters. The molecular formula is C21H19Cl2FN4O2S. The minimum absolute atomic E-state index is 0.0163. The van der Waals surface area contributed by atoms with Crippen molar-refractivity contribution in [3.63, 3.8) is 0 Å². The van der Waals surface area contributed by atoms with E-state index >= 15 is 0 Å². The summed E-state index contributed by atoms with van der Waals surface area (Å²) in [6.07, 6.45) is 2.99. The number of aromatic nitrogens is 2. The molecule has 0 radical (unpaired) electrons. The number of fused-ring (bicyclic) bond motifs is 1. The second-order valence-electron chi connectivity index (χ2n) is 7.26. The number of hydrogen-bond donors (Lipinski definition) is 1. The predicted octanol–water partition coefficient (Wildman–Crippen LogP) is 5.47. The van der Waals surface area contributed by atoms with Crippen LogP contribution in [-0.2, 0) is 10.0 Å². The molecule has 1 saturated heterocycles. The monoisotopic (exact) mass is 480 g/mol. The van der Waals surface area contributed by atoms with Crippen LogP contribution in [0.25, 0.3) is 10.9 Å². The van der Waals surface area contributed by atoms with Gasteiger partial charge in [-0.15, -0.1) is 0 Å². The smallest absolute Gasteiger partial charge is 0.235 e. The first-order valence-electron chi connectivity index (χ1n) is 9.58. The van der Waals surface area contributed by atoms with E-state index in [1.807, 2.05) is 18.2 Å². The molecule has 10 heteroatoms. The van der Waals surface area contributed by atoms with Gasteiger partial charge in [-0.25, -0.2) is 22.8 Å². The van der Waals surface area contributed by atoms with E-state index in [-0.39, 0.29) is 21.7 Å². The molecule has 3 aromatic rings. The van der Waals surface area contributed by atoms with Gasteiger partial charge in [-0.3, -0.25) is 0 Å². The van der Waals surface area contributed by atoms with E-state index in [4.69, 9.17) is 23.2 Å². The van der Waals surface area contributed by atoms with Gasteiger partial charge in [0.05, 0.1) is 21.2 Å². The number of rotatable bonds is 5. The maximum absolute atomic E-state index is 14.5. The Kier molecular flexibility index (Phi) is 6.16. The van der Waals surface area contributed by atoms with Crippen LogP contribution in [0.4, 0.5) is 15.9 Å². The summed E-state index contributed by atoms with van der Waals surface area (Å²) in [5.74, 6) is -0.243. The lowest BCUT2D eigenvalue weighted by Crippen LogP contribution is -2.37. The van der Waals surface area contributed by atoms with E-state index in [1.54, 1.807) is 0 Å². The summed E-state index contributed by atoms with van der Waals surface area (Å²) in [5.41, 5.74) is 1.78. The molecule has 1 fully saturated rings. The van der Waals surface area contributed by atoms with Crippen LogP contribution in [0.5, 0.6) is 0 Å². The number of nitrogens with zero attached hydrogens (tertiary/aromatic N) is 3. The summed E-state index contributed by atoms with van der Waals surface area (Å²) in [7, 11) is -3.47. The molecule has 4 rings (SSSR count). The van der Waals surface area contributed by atoms with E-state index < -0.39 is 15.8 Å². The highest BCUT2D eigenvalue weighted by Gasteiger charge is 2.28. The molecule has 0 aliphatic carbocycles. The molecule has 31 heavy (non-hydrogen) atoms. The van der Waals surface area contributed by atoms with E-state index in [0.29, 0.717) is 29.8 Å². The summed E-state index contributed by atoms with van der Waals surface area (Å²) in [5, 5.41) is 4.59. The van der Waals surface area contributed by atoms with E-state index in [1.165, 1.54) is 22.8 Å². The first-order chi connectivity index (χ1) is 14.8. The van der Waals surface area contributed by atoms with Gasteiger partial charge in [0, 0.05) is 23.9 Å². The lowest BCUT2D eigenvalue weighted by molar-refractivity contribution is 0.319. The predicted molar refractivity (Wildman–Crippen MR) is 122 cm³/mol. The number of nitrogens with one attached hydrogen (secondary N) is 1. The third-order valence-corrected chi connectivity index (χ3v) is 7.63. The van der Waals surface area contributed by atoms with Crippen molar-refractivity contribution < 1.29 is 12.8 Å². The first-order valence-corrected chi connectivity index (χ1v) is 11.8. The topological polar surface area (TPSA) is 75.2 Å². The Morgan fingerprint density at radius 2 is 2.03 bits per heavy atom. The maximum atomic E-state index is 14.5. The summed E-state index contributed by atoms with van der Waals surface area (Å²) in [6.45, 7) is 4.26. The molecule has 6 nitrogen and oxygen atoms in total. The van der Waals surface area contributed by atoms with Gasteiger partial charge >= 0.3 is 0 Å². The molecule has 2 aromatic carbocycles. The van der Waals surface area contributed by atoms with E-state index in [0.717, 1.165) is 23.8 Å². The molecule has 162 valence electrons. The minimum Gasteiger partial charge on any atom is -0.337 e. The first kappa shape index (κ1) is 22.0. The maximum Gasteiger partial charge on any atom is 0.235 e. The number of sulfonamides is 1. The molecule has 0 bridgehead atoms. The highest BCUT2D eigenvalue weighted by Crippen LogP contribution is 2.34. The van der Waals surface area contributed by atoms with Crippen LogP contribution in [-0.4, -0.2) is 35.8 Å². The van der Waals surface area contributed by atoms with Gasteiger partial charge in [0.15, 0.2) is 5.82 Å². The SMILES string of the molecule is C=CS(=O)(=O)N1CCCC(c2ccc3ncnc(Nc4ccc(Cl)c(Cl)c4F)c3c2)C1. The van der Waals surface area contributed by atoms with E-state index in [9.17, 15) is 12.8 Å². The highest BCUT2D eigenvalue weighted by atomic mass is 35.5. The van der Waals surface area contributed by atoms with Crippen molar-refractivity contribution in [3.05, 3.63) is 70.1 Å². The quantitative estimate of drug-likeness (QED) is 0.489. The Balaban J connectivity index is 1.69. The van der Waals surface area contributed by atoms with Gasteiger partial charge in [0.2, 0.25) is 10.0 Å². The van der Waals surface area contributed by atoms with Crippen LogP contribution >= 0.6 is 23.2 Å². The number of anilines is 2. The Morgan fingerprint density at radius 1 is 1.23 bits per heavy atom. The number of piperidine rings is 1. The Morgan fingerprint density at radius 3 is 2.81 bits per heavy atom. The van der Waals surface area contributed by atoms with Crippen LogP contribution in [0.15, 0.2) is 48.6 Å². The Hall–Kier alpha value is -2.26. The highest BCUT2D eigenvalue weighted by molar-refractivity contribution is 7.92. The fraction of sp³-hybridized carbons (Fsp3) is 0.238. The largest absolute Gasteiger partial charge is 0.337 e. The fourth-order valence-electron chi connectivity index (χ4n) is 3.73. The van der Waals surface area contributed by atoms with Crippen molar-refractivity contribution in [1.29, 1.82) is 0 Å². The van der Waals surface area contributed by atoms with Crippen molar-refractivity contribution in [1.82, 2.24) is 14.3 Å². The molecule has 1 aromatic heterocycles. The molecular weight excluding hydrogens is 462 g/mol. The van der Waals surface area contributed by atoms with Crippen LogP contribution in [0, 0.1) is 5.82 Å². The third-order valence-electron chi connectivity index (χ3n) is 5.37. The summed E-state index contributed by atoms with van der Waals surface area (Å²) < 4.78 is 40.4. The zero-order valence-electron chi connectivity index (χ0n) is 16.4. The molecule has 1 N–H and O–H groups in total. The van der Waals surface area contributed by atoms with Crippen molar-refractivity contribution in [2.75, 3.05) is 18.4 Å². The van der Waals surface area contributed by atoms with Crippen molar-refractivity contribution >= 4 is 55.6 Å². The lowest BCUT2D eigenvalue weighted by Gasteiger charge is -2.31. The van der Waals surface area contributed by atoms with Gasteiger partial charge in [-0.05, 0) is 48.6 Å². The molecule has 2 heterocycles. The second-order valence-corrected chi connectivity index (χ2v) is 9.92. The fourth-order valence-corrected chi connectivity index (χ4v) is 5.02. The molecule has 0 amide bonds. The molecule has 1 aliphatic rings. The third kappa shape index (κ3) is 4.39. The van der Waals surface area contributed by atoms with Crippen LogP contribution in [0.2, 0.25) is 10.0 Å². The zero-order chi connectivity index (χ0) is 22.2. The van der Waals surface area contributed by atoms with Crippen molar-refractivity contribution in [2.24, 2.45) is 0 Å². The lowest BCUT2D eigenvalue weighted by atomic mass is 9.91. The van der Waals surface area contributed by atoms with Crippen molar-refractivity contribution in [3.8, 4) is 0 Å². The van der Waals surface area contributed by atoms with Crippen LogP contribution < -0.4 is 5.32 Å². The second kappa shape index (κ2) is 8.70. The van der Waals surface area contributed by atoms with Crippen LogP contribution in [0.1, 0.15) is 24.3 Å². The van der Waals surface area contributed by atoms with Crippen molar-refractivity contribution in [2.45, 2.75) is 18.8 Å². The van der Waals surface area contributed by atoms with Crippen LogP contribution in [0.3, 0.4) is 0 Å². The molecule has 0 spiro atoms. The summed E-state index contributed by atoms with van der Waals surface area (Å²) in [6, 6.07) is 8.69. The summed E-state index contributed by atoms with van der Waals surface area (Å²) >= 11 is 11.8. The number of halogens is 3. The number of benzene rings is 2. The zero-order valence-corrected chi connectivity index (χ0v) is 18.7. The van der Waals surface area contributed by atoms with Gasteiger partial charge in [0.25, 0.3) is 0 Å². The average molecular weight is 481 g/mol. The van der Waals surface area contributed by atoms with Gasteiger partial charge in [0.1, 0.15) is 12.1 Å². The molecule has 0 saturated carbocycles.